The maximum atomic E-state index is 5.88. The van der Waals surface area contributed by atoms with E-state index in [1.165, 1.54) is 34.3 Å². The minimum atomic E-state index is 0.465. The van der Waals surface area contributed by atoms with Crippen molar-refractivity contribution in [2.45, 2.75) is 92.9 Å². The third-order valence-electron chi connectivity index (χ3n) is 9.44. The first-order valence-corrected chi connectivity index (χ1v) is 16.5. The van der Waals surface area contributed by atoms with Crippen molar-refractivity contribution < 1.29 is 4.74 Å². The molecule has 0 fully saturated rings. The van der Waals surface area contributed by atoms with Crippen LogP contribution in [-0.4, -0.2) is 7.11 Å². The highest BCUT2D eigenvalue weighted by Crippen LogP contribution is 2.37. The van der Waals surface area contributed by atoms with E-state index in [-0.39, 0.29) is 0 Å². The summed E-state index contributed by atoms with van der Waals surface area (Å²) in [6.45, 7) is 27.2. The molecule has 2 heteroatoms. The van der Waals surface area contributed by atoms with Gasteiger partial charge in [0.1, 0.15) is 5.75 Å². The summed E-state index contributed by atoms with van der Waals surface area (Å²) in [6.07, 6.45) is 12.9. The van der Waals surface area contributed by atoms with Gasteiger partial charge in [0.2, 0.25) is 0 Å². The maximum Gasteiger partial charge on any atom is 0.121 e. The van der Waals surface area contributed by atoms with Gasteiger partial charge in [-0.15, -0.1) is 0 Å². The van der Waals surface area contributed by atoms with Gasteiger partial charge in [-0.1, -0.05) is 114 Å². The Balaban J connectivity index is 2.05. The lowest BCUT2D eigenvalue weighted by atomic mass is 9.73. The highest BCUT2D eigenvalue weighted by atomic mass is 16.5. The molecule has 2 aromatic carbocycles. The number of ether oxygens (including phenoxy) is 1. The number of allylic oxidation sites excluding steroid dienone is 4. The second kappa shape index (κ2) is 18.6. The van der Waals surface area contributed by atoms with E-state index >= 15 is 0 Å². The highest BCUT2D eigenvalue weighted by molar-refractivity contribution is 5.36. The maximum absolute atomic E-state index is 5.88. The standard InChI is InChI=1S/C41H61NO/c1-29(2)24-40(27-31(4)30(3)16-14-20-38-22-23-41(43-10)34(7)26-38)33(6)28-39(21-15-17-35(8)42)36(9)32(5)25-37-18-12-11-13-19-37/h11-13,15,17-19,22-23,26,29-30,32,36,39-40H,4,6,8,14,16,20-21,24-25,27-28,42H2,1-3,5,7,9-10H3/b17-15+/t30?,32?,36?,39-,40?/m1/s1. The van der Waals surface area contributed by atoms with Crippen LogP contribution < -0.4 is 10.5 Å². The molecule has 0 aliphatic heterocycles. The van der Waals surface area contributed by atoms with E-state index in [0.29, 0.717) is 41.2 Å². The fraction of sp³-hybridized carbons (Fsp3) is 0.512. The molecule has 236 valence electrons. The molecule has 43 heavy (non-hydrogen) atoms. The Morgan fingerprint density at radius 3 is 2.21 bits per heavy atom. The summed E-state index contributed by atoms with van der Waals surface area (Å²) in [5.74, 6) is 4.18. The summed E-state index contributed by atoms with van der Waals surface area (Å²) in [4.78, 5) is 0. The molecule has 2 aromatic rings. The summed E-state index contributed by atoms with van der Waals surface area (Å²) < 4.78 is 5.43. The normalized spacial score (nSPS) is 15.2. The highest BCUT2D eigenvalue weighted by Gasteiger charge is 2.26. The van der Waals surface area contributed by atoms with E-state index in [9.17, 15) is 0 Å². The molecule has 5 atom stereocenters. The second-order valence-electron chi connectivity index (χ2n) is 13.6. The van der Waals surface area contributed by atoms with E-state index < -0.39 is 0 Å². The molecule has 0 saturated heterocycles. The van der Waals surface area contributed by atoms with Gasteiger partial charge in [0, 0.05) is 5.70 Å². The number of methoxy groups -OCH3 is 1. The van der Waals surface area contributed by atoms with Crippen LogP contribution in [0.5, 0.6) is 5.75 Å². The molecule has 0 aliphatic carbocycles. The molecule has 4 unspecified atom stereocenters. The van der Waals surface area contributed by atoms with Gasteiger partial charge < -0.3 is 10.5 Å². The molecule has 0 spiro atoms. The quantitative estimate of drug-likeness (QED) is 0.124. The molecule has 0 bridgehead atoms. The monoisotopic (exact) mass is 583 g/mol. The Hall–Kier alpha value is -3.00. The summed E-state index contributed by atoms with van der Waals surface area (Å²) in [5, 5.41) is 0. The Morgan fingerprint density at radius 2 is 1.60 bits per heavy atom. The van der Waals surface area contributed by atoms with E-state index in [1.54, 1.807) is 7.11 Å². The van der Waals surface area contributed by atoms with Crippen LogP contribution in [0.4, 0.5) is 0 Å². The van der Waals surface area contributed by atoms with Gasteiger partial charge in [0.15, 0.2) is 0 Å². The van der Waals surface area contributed by atoms with Gasteiger partial charge >= 0.3 is 0 Å². The Kier molecular flexibility index (Phi) is 15.7. The van der Waals surface area contributed by atoms with Crippen LogP contribution in [0.15, 0.2) is 97.3 Å². The third-order valence-corrected chi connectivity index (χ3v) is 9.44. The molecule has 2 N–H and O–H groups in total. The van der Waals surface area contributed by atoms with Crippen LogP contribution in [0, 0.1) is 42.4 Å². The number of rotatable bonds is 20. The molecule has 0 saturated carbocycles. The Morgan fingerprint density at radius 1 is 0.907 bits per heavy atom. The van der Waals surface area contributed by atoms with Crippen molar-refractivity contribution in [3.8, 4) is 5.75 Å². The van der Waals surface area contributed by atoms with E-state index in [4.69, 9.17) is 17.0 Å². The molecule has 0 radical (unpaired) electrons. The van der Waals surface area contributed by atoms with Gasteiger partial charge in [-0.25, -0.2) is 0 Å². The van der Waals surface area contributed by atoms with Gasteiger partial charge in [0.05, 0.1) is 7.11 Å². The molecule has 0 heterocycles. The van der Waals surface area contributed by atoms with Crippen LogP contribution in [0.2, 0.25) is 0 Å². The average Bonchev–Trinajstić information content (AvgIpc) is 2.95. The molecule has 2 rings (SSSR count). The van der Waals surface area contributed by atoms with Crippen LogP contribution >= 0.6 is 0 Å². The number of aryl methyl sites for hydroxylation is 2. The topological polar surface area (TPSA) is 35.2 Å². The number of benzene rings is 2. The first kappa shape index (κ1) is 36.2. The zero-order chi connectivity index (χ0) is 31.9. The summed E-state index contributed by atoms with van der Waals surface area (Å²) in [5.41, 5.74) is 13.3. The summed E-state index contributed by atoms with van der Waals surface area (Å²) in [7, 11) is 1.74. The smallest absolute Gasteiger partial charge is 0.121 e. The van der Waals surface area contributed by atoms with Crippen LogP contribution in [0.25, 0.3) is 0 Å². The van der Waals surface area contributed by atoms with Crippen molar-refractivity contribution in [1.29, 1.82) is 0 Å². The zero-order valence-corrected chi connectivity index (χ0v) is 28.5. The van der Waals surface area contributed by atoms with Crippen LogP contribution in [0.3, 0.4) is 0 Å². The molecular formula is C41H61NO. The fourth-order valence-electron chi connectivity index (χ4n) is 6.41. The van der Waals surface area contributed by atoms with Crippen molar-refractivity contribution in [3.05, 3.63) is 114 Å². The lowest BCUT2D eigenvalue weighted by molar-refractivity contribution is 0.251. The Bertz CT molecular complexity index is 1170. The van der Waals surface area contributed by atoms with Crippen molar-refractivity contribution >= 4 is 0 Å². The first-order chi connectivity index (χ1) is 20.4. The number of hydrogen-bond donors (Lipinski definition) is 1. The molecule has 2 nitrogen and oxygen atoms in total. The number of nitrogens with two attached hydrogens (primary N) is 1. The zero-order valence-electron chi connectivity index (χ0n) is 28.5. The van der Waals surface area contributed by atoms with Gasteiger partial charge in [-0.2, -0.15) is 0 Å². The molecule has 0 amide bonds. The van der Waals surface area contributed by atoms with Crippen molar-refractivity contribution in [2.24, 2.45) is 41.2 Å². The van der Waals surface area contributed by atoms with Crippen molar-refractivity contribution in [2.75, 3.05) is 7.11 Å². The van der Waals surface area contributed by atoms with E-state index in [1.807, 2.05) is 6.08 Å². The summed E-state index contributed by atoms with van der Waals surface area (Å²) in [6, 6.07) is 17.4. The largest absolute Gasteiger partial charge is 0.496 e. The SMILES string of the molecule is C=C(N)/C=C/C[C@H](CC(=C)C(CC(=C)C(C)CCCc1ccc(OC)c(C)c1)CC(C)C)C(C)C(C)Cc1ccccc1. The molecular weight excluding hydrogens is 522 g/mol. The second-order valence-corrected chi connectivity index (χ2v) is 13.6. The van der Waals surface area contributed by atoms with Gasteiger partial charge in [-0.05, 0) is 123 Å². The van der Waals surface area contributed by atoms with E-state index in [0.717, 1.165) is 50.7 Å². The third kappa shape index (κ3) is 13.0. The minimum Gasteiger partial charge on any atom is -0.496 e. The average molecular weight is 584 g/mol. The number of hydrogen-bond acceptors (Lipinski definition) is 2. The fourth-order valence-corrected chi connectivity index (χ4v) is 6.41. The predicted octanol–water partition coefficient (Wildman–Crippen LogP) is 11.1. The first-order valence-electron chi connectivity index (χ1n) is 16.5. The van der Waals surface area contributed by atoms with Crippen LogP contribution in [-0.2, 0) is 12.8 Å². The van der Waals surface area contributed by atoms with Gasteiger partial charge in [0.25, 0.3) is 0 Å². The van der Waals surface area contributed by atoms with Crippen LogP contribution in [0.1, 0.15) is 89.8 Å². The van der Waals surface area contributed by atoms with Crippen molar-refractivity contribution in [3.63, 3.8) is 0 Å². The summed E-state index contributed by atoms with van der Waals surface area (Å²) >= 11 is 0. The van der Waals surface area contributed by atoms with E-state index in [2.05, 4.69) is 109 Å². The lowest BCUT2D eigenvalue weighted by Crippen LogP contribution is -2.23. The molecule has 0 aliphatic rings. The minimum absolute atomic E-state index is 0.465. The predicted molar refractivity (Wildman–Crippen MR) is 189 cm³/mol. The van der Waals surface area contributed by atoms with Crippen molar-refractivity contribution in [1.82, 2.24) is 0 Å². The lowest BCUT2D eigenvalue weighted by Gasteiger charge is -2.32. The Labute approximate surface area is 265 Å². The molecule has 0 aromatic heterocycles. The van der Waals surface area contributed by atoms with Gasteiger partial charge in [-0.3, -0.25) is 0 Å².